The highest BCUT2D eigenvalue weighted by Crippen LogP contribution is 2.29. The lowest BCUT2D eigenvalue weighted by Gasteiger charge is -2.12. The second kappa shape index (κ2) is 5.65. The average Bonchev–Trinajstić information content (AvgIpc) is 3.21. The van der Waals surface area contributed by atoms with Gasteiger partial charge in [-0.05, 0) is 25.1 Å². The zero-order chi connectivity index (χ0) is 16.7. The van der Waals surface area contributed by atoms with Crippen molar-refractivity contribution >= 4 is 22.6 Å². The van der Waals surface area contributed by atoms with Gasteiger partial charge in [0.2, 0.25) is 0 Å². The largest absolute Gasteiger partial charge is 0.494 e. The first-order chi connectivity index (χ1) is 11.7. The quantitative estimate of drug-likeness (QED) is 0.535. The van der Waals surface area contributed by atoms with Gasteiger partial charge in [-0.2, -0.15) is 0 Å². The van der Waals surface area contributed by atoms with Crippen LogP contribution in [-0.4, -0.2) is 31.2 Å². The molecule has 0 amide bonds. The van der Waals surface area contributed by atoms with Gasteiger partial charge in [-0.1, -0.05) is 11.6 Å². The molecule has 0 fully saturated rings. The van der Waals surface area contributed by atoms with E-state index in [0.717, 1.165) is 33.9 Å². The van der Waals surface area contributed by atoms with Crippen molar-refractivity contribution in [3.8, 4) is 17.1 Å². The molecule has 6 nitrogen and oxygen atoms in total. The second-order valence-electron chi connectivity index (χ2n) is 5.37. The van der Waals surface area contributed by atoms with Gasteiger partial charge in [-0.25, -0.2) is 15.0 Å². The Bertz CT molecular complexity index is 1040. The SMILES string of the molecule is COc1cc(-n2ccc3c(Cl)ncnc32)ccc1-n1cnc(C)c1. The molecule has 0 unspecified atom stereocenters. The topological polar surface area (TPSA) is 57.8 Å². The van der Waals surface area contributed by atoms with Crippen molar-refractivity contribution in [2.24, 2.45) is 0 Å². The van der Waals surface area contributed by atoms with E-state index in [-0.39, 0.29) is 0 Å². The van der Waals surface area contributed by atoms with Gasteiger partial charge in [0, 0.05) is 18.5 Å². The first-order valence-corrected chi connectivity index (χ1v) is 7.72. The number of aryl methyl sites for hydroxylation is 1. The van der Waals surface area contributed by atoms with Crippen molar-refractivity contribution in [1.29, 1.82) is 0 Å². The van der Waals surface area contributed by atoms with Crippen molar-refractivity contribution in [2.45, 2.75) is 6.92 Å². The lowest BCUT2D eigenvalue weighted by Crippen LogP contribution is -1.99. The highest BCUT2D eigenvalue weighted by molar-refractivity contribution is 6.33. The molecule has 0 bridgehead atoms. The van der Waals surface area contributed by atoms with Gasteiger partial charge in [0.15, 0.2) is 0 Å². The van der Waals surface area contributed by atoms with Crippen LogP contribution in [0.25, 0.3) is 22.4 Å². The van der Waals surface area contributed by atoms with Crippen LogP contribution < -0.4 is 4.74 Å². The highest BCUT2D eigenvalue weighted by atomic mass is 35.5. The molecule has 3 aromatic heterocycles. The number of halogens is 1. The summed E-state index contributed by atoms with van der Waals surface area (Å²) in [6.45, 7) is 1.95. The standard InChI is InChI=1S/C17H14ClN5O/c1-11-8-22(10-21-11)14-4-3-12(7-15(14)24-2)23-6-5-13-16(18)19-9-20-17(13)23/h3-10H,1-2H3. The molecule has 0 saturated carbocycles. The van der Waals surface area contributed by atoms with Crippen LogP contribution in [-0.2, 0) is 0 Å². The number of ether oxygens (including phenoxy) is 1. The average molecular weight is 340 g/mol. The van der Waals surface area contributed by atoms with Crippen molar-refractivity contribution in [3.63, 3.8) is 0 Å². The maximum atomic E-state index is 6.12. The molecule has 0 atom stereocenters. The minimum absolute atomic E-state index is 0.441. The summed E-state index contributed by atoms with van der Waals surface area (Å²) in [4.78, 5) is 12.6. The van der Waals surface area contributed by atoms with E-state index in [1.165, 1.54) is 6.33 Å². The van der Waals surface area contributed by atoms with Gasteiger partial charge in [0.1, 0.15) is 22.9 Å². The van der Waals surface area contributed by atoms with Crippen LogP contribution in [0.4, 0.5) is 0 Å². The van der Waals surface area contributed by atoms with Crippen molar-refractivity contribution < 1.29 is 4.74 Å². The lowest BCUT2D eigenvalue weighted by molar-refractivity contribution is 0.412. The minimum atomic E-state index is 0.441. The maximum Gasteiger partial charge on any atom is 0.149 e. The molecule has 1 aromatic carbocycles. The van der Waals surface area contributed by atoms with Gasteiger partial charge in [0.05, 0.1) is 35.9 Å². The summed E-state index contributed by atoms with van der Waals surface area (Å²) in [5.41, 5.74) is 3.55. The number of nitrogens with zero attached hydrogens (tertiary/aromatic N) is 5. The van der Waals surface area contributed by atoms with Crippen molar-refractivity contribution in [2.75, 3.05) is 7.11 Å². The van der Waals surface area contributed by atoms with Gasteiger partial charge < -0.3 is 13.9 Å². The summed E-state index contributed by atoms with van der Waals surface area (Å²) >= 11 is 6.12. The Balaban J connectivity index is 1.86. The highest BCUT2D eigenvalue weighted by Gasteiger charge is 2.12. The number of benzene rings is 1. The Morgan fingerprint density at radius 3 is 2.75 bits per heavy atom. The molecule has 0 N–H and O–H groups in total. The molecule has 120 valence electrons. The third-order valence-electron chi connectivity index (χ3n) is 3.86. The predicted octanol–water partition coefficient (Wildman–Crippen LogP) is 3.58. The fraction of sp³-hybridized carbons (Fsp3) is 0.118. The monoisotopic (exact) mass is 339 g/mol. The fourth-order valence-corrected chi connectivity index (χ4v) is 2.90. The number of imidazole rings is 1. The van der Waals surface area contributed by atoms with Gasteiger partial charge in [-0.15, -0.1) is 0 Å². The third-order valence-corrected chi connectivity index (χ3v) is 4.17. The fourth-order valence-electron chi connectivity index (χ4n) is 2.71. The van der Waals surface area contributed by atoms with E-state index in [1.807, 2.05) is 52.7 Å². The van der Waals surface area contributed by atoms with Crippen molar-refractivity contribution in [3.05, 3.63) is 60.2 Å². The van der Waals surface area contributed by atoms with E-state index in [9.17, 15) is 0 Å². The van der Waals surface area contributed by atoms with Crippen LogP contribution in [0.5, 0.6) is 5.75 Å². The maximum absolute atomic E-state index is 6.12. The van der Waals surface area contributed by atoms with Crippen LogP contribution in [0.1, 0.15) is 5.69 Å². The van der Waals surface area contributed by atoms with Crippen LogP contribution >= 0.6 is 11.6 Å². The van der Waals surface area contributed by atoms with Crippen molar-refractivity contribution in [1.82, 2.24) is 24.1 Å². The summed E-state index contributed by atoms with van der Waals surface area (Å²) < 4.78 is 9.45. The van der Waals surface area contributed by atoms with Gasteiger partial charge in [-0.3, -0.25) is 0 Å². The Labute approximate surface area is 143 Å². The molecule has 0 spiro atoms. The zero-order valence-electron chi connectivity index (χ0n) is 13.1. The molecular formula is C17H14ClN5O. The molecule has 4 aromatic rings. The lowest BCUT2D eigenvalue weighted by atomic mass is 10.2. The van der Waals surface area contributed by atoms with Gasteiger partial charge in [0.25, 0.3) is 0 Å². The molecule has 0 radical (unpaired) electrons. The Morgan fingerprint density at radius 1 is 1.12 bits per heavy atom. The first-order valence-electron chi connectivity index (χ1n) is 7.34. The smallest absolute Gasteiger partial charge is 0.149 e. The Kier molecular flexibility index (Phi) is 3.46. The number of hydrogen-bond acceptors (Lipinski definition) is 4. The molecule has 4 rings (SSSR count). The molecule has 0 aliphatic heterocycles. The summed E-state index contributed by atoms with van der Waals surface area (Å²) in [7, 11) is 1.65. The molecule has 7 heteroatoms. The summed E-state index contributed by atoms with van der Waals surface area (Å²) in [5.74, 6) is 0.743. The van der Waals surface area contributed by atoms with E-state index in [4.69, 9.17) is 16.3 Å². The molecule has 0 saturated heterocycles. The third kappa shape index (κ3) is 2.32. The zero-order valence-corrected chi connectivity index (χ0v) is 13.9. The number of rotatable bonds is 3. The van der Waals surface area contributed by atoms with Crippen LogP contribution in [0.2, 0.25) is 5.15 Å². The normalized spacial score (nSPS) is 11.1. The van der Waals surface area contributed by atoms with E-state index < -0.39 is 0 Å². The minimum Gasteiger partial charge on any atom is -0.494 e. The molecule has 3 heterocycles. The number of hydrogen-bond donors (Lipinski definition) is 0. The first kappa shape index (κ1) is 14.7. The predicted molar refractivity (Wildman–Crippen MR) is 92.3 cm³/mol. The second-order valence-corrected chi connectivity index (χ2v) is 5.72. The van der Waals surface area contributed by atoms with E-state index in [0.29, 0.717) is 5.15 Å². The van der Waals surface area contributed by atoms with E-state index in [1.54, 1.807) is 13.4 Å². The number of methoxy groups -OCH3 is 1. The molecule has 24 heavy (non-hydrogen) atoms. The number of aromatic nitrogens is 5. The molecule has 0 aliphatic rings. The van der Waals surface area contributed by atoms with E-state index in [2.05, 4.69) is 15.0 Å². The number of fused-ring (bicyclic) bond motifs is 1. The summed E-state index contributed by atoms with van der Waals surface area (Å²) in [6.07, 6.45) is 7.10. The molecule has 0 aliphatic carbocycles. The van der Waals surface area contributed by atoms with Crippen LogP contribution in [0.15, 0.2) is 49.3 Å². The molecular weight excluding hydrogens is 326 g/mol. The summed E-state index contributed by atoms with van der Waals surface area (Å²) in [5, 5.41) is 1.25. The van der Waals surface area contributed by atoms with Crippen LogP contribution in [0.3, 0.4) is 0 Å². The van der Waals surface area contributed by atoms with Crippen LogP contribution in [0, 0.1) is 6.92 Å². The Morgan fingerprint density at radius 2 is 2.00 bits per heavy atom. The summed E-state index contributed by atoms with van der Waals surface area (Å²) in [6, 6.07) is 7.85. The Hall–Kier alpha value is -2.86. The van der Waals surface area contributed by atoms with Gasteiger partial charge >= 0.3 is 0 Å². The van der Waals surface area contributed by atoms with E-state index >= 15 is 0 Å².